The Morgan fingerprint density at radius 3 is 2.14 bits per heavy atom. The third kappa shape index (κ3) is 7.57. The van der Waals surface area contributed by atoms with Crippen LogP contribution in [0.5, 0.6) is 0 Å². The molecular formula is C15H26O6. The van der Waals surface area contributed by atoms with Crippen molar-refractivity contribution >= 4 is 5.97 Å². The predicted molar refractivity (Wildman–Crippen MR) is 77.2 cm³/mol. The fourth-order valence-electron chi connectivity index (χ4n) is 1.77. The van der Waals surface area contributed by atoms with Crippen LogP contribution in [0.2, 0.25) is 0 Å². The molecule has 122 valence electrons. The Balaban J connectivity index is 1.78. The first-order valence-electron chi connectivity index (χ1n) is 7.32. The molecule has 0 radical (unpaired) electrons. The molecule has 1 heterocycles. The second kappa shape index (κ2) is 10.7. The van der Waals surface area contributed by atoms with Crippen molar-refractivity contribution in [1.82, 2.24) is 0 Å². The Hall–Kier alpha value is -0.950. The van der Waals surface area contributed by atoms with Crippen LogP contribution >= 0.6 is 0 Å². The maximum atomic E-state index is 10.7. The average molecular weight is 302 g/mol. The molecule has 0 N–H and O–H groups in total. The van der Waals surface area contributed by atoms with E-state index < -0.39 is 5.97 Å². The molecule has 1 aliphatic heterocycles. The monoisotopic (exact) mass is 302 g/mol. The molecule has 0 unspecified atom stereocenters. The molecule has 1 saturated heterocycles. The summed E-state index contributed by atoms with van der Waals surface area (Å²) in [6, 6.07) is 0. The molecule has 0 aromatic rings. The SMILES string of the molecule is C=CC(=O)OCCOCCOCCOCC1(CC)COC1. The van der Waals surface area contributed by atoms with Gasteiger partial charge in [0, 0.05) is 11.5 Å². The van der Waals surface area contributed by atoms with E-state index in [0.717, 1.165) is 32.3 Å². The first-order valence-corrected chi connectivity index (χ1v) is 7.32. The van der Waals surface area contributed by atoms with Gasteiger partial charge in [-0.25, -0.2) is 4.79 Å². The molecular weight excluding hydrogens is 276 g/mol. The van der Waals surface area contributed by atoms with Crippen LogP contribution in [0, 0.1) is 5.41 Å². The minimum Gasteiger partial charge on any atom is -0.460 e. The molecule has 0 aliphatic carbocycles. The lowest BCUT2D eigenvalue weighted by molar-refractivity contribution is -0.153. The quantitative estimate of drug-likeness (QED) is 0.289. The Morgan fingerprint density at radius 2 is 1.67 bits per heavy atom. The molecule has 21 heavy (non-hydrogen) atoms. The summed E-state index contributed by atoms with van der Waals surface area (Å²) in [6.07, 6.45) is 2.21. The summed E-state index contributed by atoms with van der Waals surface area (Å²) >= 11 is 0. The van der Waals surface area contributed by atoms with Crippen LogP contribution < -0.4 is 0 Å². The van der Waals surface area contributed by atoms with Crippen LogP contribution in [0.4, 0.5) is 0 Å². The number of carbonyl (C=O) groups excluding carboxylic acids is 1. The molecule has 1 fully saturated rings. The van der Waals surface area contributed by atoms with E-state index in [1.54, 1.807) is 0 Å². The molecule has 0 spiro atoms. The van der Waals surface area contributed by atoms with Crippen molar-refractivity contribution in [3.63, 3.8) is 0 Å². The smallest absolute Gasteiger partial charge is 0.330 e. The van der Waals surface area contributed by atoms with Gasteiger partial charge in [0.1, 0.15) is 6.61 Å². The number of hydrogen-bond donors (Lipinski definition) is 0. The summed E-state index contributed by atoms with van der Waals surface area (Å²) in [7, 11) is 0. The van der Waals surface area contributed by atoms with Crippen LogP contribution in [0.3, 0.4) is 0 Å². The third-order valence-corrected chi connectivity index (χ3v) is 3.36. The van der Waals surface area contributed by atoms with E-state index in [2.05, 4.69) is 13.5 Å². The number of hydrogen-bond acceptors (Lipinski definition) is 6. The van der Waals surface area contributed by atoms with Gasteiger partial charge in [-0.3, -0.25) is 0 Å². The highest BCUT2D eigenvalue weighted by molar-refractivity contribution is 5.81. The minimum absolute atomic E-state index is 0.228. The second-order valence-corrected chi connectivity index (χ2v) is 5.00. The van der Waals surface area contributed by atoms with Gasteiger partial charge >= 0.3 is 5.97 Å². The van der Waals surface area contributed by atoms with Crippen molar-refractivity contribution in [1.29, 1.82) is 0 Å². The fraction of sp³-hybridized carbons (Fsp3) is 0.800. The number of ether oxygens (including phenoxy) is 5. The Labute approximate surface area is 126 Å². The lowest BCUT2D eigenvalue weighted by Crippen LogP contribution is -2.45. The maximum absolute atomic E-state index is 10.7. The molecule has 0 saturated carbocycles. The lowest BCUT2D eigenvalue weighted by Gasteiger charge is -2.40. The van der Waals surface area contributed by atoms with Gasteiger partial charge in [-0.2, -0.15) is 0 Å². The lowest BCUT2D eigenvalue weighted by atomic mass is 9.84. The van der Waals surface area contributed by atoms with E-state index >= 15 is 0 Å². The van der Waals surface area contributed by atoms with Crippen LogP contribution in [0.25, 0.3) is 0 Å². The second-order valence-electron chi connectivity index (χ2n) is 5.00. The zero-order valence-electron chi connectivity index (χ0n) is 12.8. The van der Waals surface area contributed by atoms with E-state index in [4.69, 9.17) is 23.7 Å². The minimum atomic E-state index is -0.436. The maximum Gasteiger partial charge on any atom is 0.330 e. The first kappa shape index (κ1) is 18.1. The summed E-state index contributed by atoms with van der Waals surface area (Å²) in [4.78, 5) is 10.7. The van der Waals surface area contributed by atoms with Gasteiger partial charge in [0.05, 0.1) is 52.9 Å². The molecule has 6 nitrogen and oxygen atoms in total. The first-order chi connectivity index (χ1) is 10.2. The van der Waals surface area contributed by atoms with E-state index in [0.29, 0.717) is 33.0 Å². The highest BCUT2D eigenvalue weighted by atomic mass is 16.6. The van der Waals surface area contributed by atoms with Crippen LogP contribution in [-0.2, 0) is 28.5 Å². The van der Waals surface area contributed by atoms with Crippen molar-refractivity contribution < 1.29 is 28.5 Å². The van der Waals surface area contributed by atoms with Gasteiger partial charge in [-0.05, 0) is 6.42 Å². The summed E-state index contributed by atoms with van der Waals surface area (Å²) in [5, 5.41) is 0. The highest BCUT2D eigenvalue weighted by Gasteiger charge is 2.36. The summed E-state index contributed by atoms with van der Waals surface area (Å²) < 4.78 is 26.2. The van der Waals surface area contributed by atoms with Crippen molar-refractivity contribution in [2.45, 2.75) is 13.3 Å². The van der Waals surface area contributed by atoms with Crippen LogP contribution in [-0.4, -0.2) is 65.4 Å². The highest BCUT2D eigenvalue weighted by Crippen LogP contribution is 2.31. The van der Waals surface area contributed by atoms with Crippen molar-refractivity contribution in [2.75, 3.05) is 59.5 Å². The number of rotatable bonds is 13. The molecule has 6 heteroatoms. The van der Waals surface area contributed by atoms with Crippen LogP contribution in [0.15, 0.2) is 12.7 Å². The van der Waals surface area contributed by atoms with E-state index in [1.165, 1.54) is 0 Å². The Morgan fingerprint density at radius 1 is 1.10 bits per heavy atom. The van der Waals surface area contributed by atoms with Crippen LogP contribution in [0.1, 0.15) is 13.3 Å². The number of esters is 1. The van der Waals surface area contributed by atoms with Gasteiger partial charge in [0.25, 0.3) is 0 Å². The summed E-state index contributed by atoms with van der Waals surface area (Å²) in [5.74, 6) is -0.436. The zero-order chi connectivity index (χ0) is 15.4. The molecule has 0 aromatic carbocycles. The molecule has 0 bridgehead atoms. The Kier molecular flexibility index (Phi) is 9.25. The van der Waals surface area contributed by atoms with Gasteiger partial charge in [-0.1, -0.05) is 13.5 Å². The van der Waals surface area contributed by atoms with E-state index in [1.807, 2.05) is 0 Å². The average Bonchev–Trinajstić information content (AvgIpc) is 2.46. The van der Waals surface area contributed by atoms with Gasteiger partial charge in [-0.15, -0.1) is 0 Å². The van der Waals surface area contributed by atoms with E-state index in [9.17, 15) is 4.79 Å². The third-order valence-electron chi connectivity index (χ3n) is 3.36. The topological polar surface area (TPSA) is 63.2 Å². The molecule has 0 amide bonds. The van der Waals surface area contributed by atoms with Crippen molar-refractivity contribution in [3.05, 3.63) is 12.7 Å². The van der Waals surface area contributed by atoms with Crippen molar-refractivity contribution in [3.8, 4) is 0 Å². The fourth-order valence-corrected chi connectivity index (χ4v) is 1.77. The standard InChI is InChI=1S/C15H26O6/c1-3-14(16)21-10-9-18-6-5-17-7-8-19-11-15(4-2)12-20-13-15/h3H,1,4-13H2,2H3. The predicted octanol–water partition coefficient (Wildman–Crippen LogP) is 1.19. The van der Waals surface area contributed by atoms with Crippen molar-refractivity contribution in [2.24, 2.45) is 5.41 Å². The normalized spacial score (nSPS) is 16.2. The summed E-state index contributed by atoms with van der Waals surface area (Å²) in [5.41, 5.74) is 0.228. The Bertz CT molecular complexity index is 295. The molecule has 0 atom stereocenters. The van der Waals surface area contributed by atoms with Gasteiger partial charge in [0.15, 0.2) is 0 Å². The number of carbonyl (C=O) groups is 1. The van der Waals surface area contributed by atoms with E-state index in [-0.39, 0.29) is 12.0 Å². The molecule has 1 rings (SSSR count). The molecule has 0 aromatic heterocycles. The summed E-state index contributed by atoms with van der Waals surface area (Å²) in [6.45, 7) is 10.5. The van der Waals surface area contributed by atoms with Gasteiger partial charge in [0.2, 0.25) is 0 Å². The zero-order valence-corrected chi connectivity index (χ0v) is 12.8. The van der Waals surface area contributed by atoms with Gasteiger partial charge < -0.3 is 23.7 Å². The largest absolute Gasteiger partial charge is 0.460 e. The molecule has 1 aliphatic rings.